The summed E-state index contributed by atoms with van der Waals surface area (Å²) in [5.74, 6) is 1.18. The van der Waals surface area contributed by atoms with Crippen molar-refractivity contribution in [1.29, 1.82) is 0 Å². The Morgan fingerprint density at radius 2 is 2.04 bits per heavy atom. The second-order valence-corrected chi connectivity index (χ2v) is 6.80. The van der Waals surface area contributed by atoms with Gasteiger partial charge in [0.25, 0.3) is 0 Å². The smallest absolute Gasteiger partial charge is 0.381 e. The summed E-state index contributed by atoms with van der Waals surface area (Å²) in [6.07, 6.45) is -1.39. The molecule has 1 aliphatic heterocycles. The van der Waals surface area contributed by atoms with Gasteiger partial charge in [0.2, 0.25) is 0 Å². The molecule has 1 fully saturated rings. The van der Waals surface area contributed by atoms with Crippen molar-refractivity contribution in [3.8, 4) is 0 Å². The van der Waals surface area contributed by atoms with Crippen LogP contribution in [0.2, 0.25) is 0 Å². The van der Waals surface area contributed by atoms with Gasteiger partial charge in [-0.15, -0.1) is 0 Å². The third kappa shape index (κ3) is 8.48. The summed E-state index contributed by atoms with van der Waals surface area (Å²) >= 11 is 0. The second kappa shape index (κ2) is 11.9. The number of hydrogen-bond acceptors (Lipinski definition) is 3. The average Bonchev–Trinajstić information content (AvgIpc) is 2.69. The van der Waals surface area contributed by atoms with E-state index in [1.54, 1.807) is 6.07 Å². The van der Waals surface area contributed by atoms with Crippen LogP contribution in [-0.4, -0.2) is 45.5 Å². The number of nitrogens with zero attached hydrogens (tertiary/aromatic N) is 1. The molecule has 0 bridgehead atoms. The molecule has 0 atom stereocenters. The lowest BCUT2D eigenvalue weighted by Crippen LogP contribution is -2.38. The molecule has 8 heteroatoms. The Bertz CT molecular complexity index is 603. The van der Waals surface area contributed by atoms with E-state index in [9.17, 15) is 13.2 Å². The summed E-state index contributed by atoms with van der Waals surface area (Å²) in [5.41, 5.74) is -0.133. The molecule has 28 heavy (non-hydrogen) atoms. The van der Waals surface area contributed by atoms with E-state index in [0.717, 1.165) is 51.2 Å². The zero-order chi connectivity index (χ0) is 20.2. The number of alkyl halides is 3. The lowest BCUT2D eigenvalue weighted by Gasteiger charge is -2.21. The van der Waals surface area contributed by atoms with Gasteiger partial charge in [-0.25, -0.2) is 4.99 Å². The Kier molecular flexibility index (Phi) is 9.57. The maximum absolute atomic E-state index is 12.8. The minimum atomic E-state index is -4.34. The zero-order valence-electron chi connectivity index (χ0n) is 16.4. The van der Waals surface area contributed by atoms with Crippen molar-refractivity contribution in [2.75, 3.05) is 39.5 Å². The van der Waals surface area contributed by atoms with E-state index < -0.39 is 11.7 Å². The number of halogens is 3. The van der Waals surface area contributed by atoms with E-state index in [2.05, 4.69) is 15.6 Å². The SMILES string of the molecule is CCNC(=NCc1cccc(C(F)(F)F)c1)NCCCOCC1CCOCC1. The molecule has 0 aromatic heterocycles. The van der Waals surface area contributed by atoms with Crippen LogP contribution in [0.25, 0.3) is 0 Å². The highest BCUT2D eigenvalue weighted by molar-refractivity contribution is 5.79. The highest BCUT2D eigenvalue weighted by atomic mass is 19.4. The Labute approximate surface area is 164 Å². The van der Waals surface area contributed by atoms with E-state index in [0.29, 0.717) is 37.1 Å². The van der Waals surface area contributed by atoms with Crippen LogP contribution in [0.1, 0.15) is 37.3 Å². The van der Waals surface area contributed by atoms with E-state index in [1.807, 2.05) is 6.92 Å². The molecule has 0 amide bonds. The monoisotopic (exact) mass is 401 g/mol. The second-order valence-electron chi connectivity index (χ2n) is 6.80. The van der Waals surface area contributed by atoms with Gasteiger partial charge in [0, 0.05) is 39.5 Å². The molecule has 5 nitrogen and oxygen atoms in total. The third-order valence-corrected chi connectivity index (χ3v) is 4.47. The molecule has 0 radical (unpaired) electrons. The van der Waals surface area contributed by atoms with Crippen molar-refractivity contribution in [3.63, 3.8) is 0 Å². The lowest BCUT2D eigenvalue weighted by molar-refractivity contribution is -0.137. The first-order chi connectivity index (χ1) is 13.5. The number of ether oxygens (including phenoxy) is 2. The largest absolute Gasteiger partial charge is 0.416 e. The number of hydrogen-bond donors (Lipinski definition) is 2. The maximum atomic E-state index is 12.8. The molecular weight excluding hydrogens is 371 g/mol. The number of nitrogens with one attached hydrogen (secondary N) is 2. The fourth-order valence-corrected chi connectivity index (χ4v) is 2.90. The summed E-state index contributed by atoms with van der Waals surface area (Å²) in [5, 5.41) is 6.29. The Morgan fingerprint density at radius 3 is 2.75 bits per heavy atom. The van der Waals surface area contributed by atoms with Gasteiger partial charge in [0.15, 0.2) is 5.96 Å². The molecule has 1 aromatic carbocycles. The van der Waals surface area contributed by atoms with Crippen LogP contribution in [0.15, 0.2) is 29.3 Å². The van der Waals surface area contributed by atoms with Gasteiger partial charge in [0.1, 0.15) is 0 Å². The summed E-state index contributed by atoms with van der Waals surface area (Å²) in [4.78, 5) is 4.37. The zero-order valence-corrected chi connectivity index (χ0v) is 16.4. The van der Waals surface area contributed by atoms with Crippen molar-refractivity contribution in [2.45, 2.75) is 38.9 Å². The minimum Gasteiger partial charge on any atom is -0.381 e. The van der Waals surface area contributed by atoms with Gasteiger partial charge >= 0.3 is 6.18 Å². The quantitative estimate of drug-likeness (QED) is 0.377. The summed E-state index contributed by atoms with van der Waals surface area (Å²) < 4.78 is 49.4. The third-order valence-electron chi connectivity index (χ3n) is 4.47. The molecular formula is C20H30F3N3O2. The van der Waals surface area contributed by atoms with Crippen LogP contribution in [-0.2, 0) is 22.2 Å². The predicted molar refractivity (Wildman–Crippen MR) is 103 cm³/mol. The predicted octanol–water partition coefficient (Wildman–Crippen LogP) is 3.59. The van der Waals surface area contributed by atoms with Gasteiger partial charge in [-0.1, -0.05) is 12.1 Å². The summed E-state index contributed by atoms with van der Waals surface area (Å²) in [7, 11) is 0. The van der Waals surface area contributed by atoms with Crippen LogP contribution in [0.5, 0.6) is 0 Å². The molecule has 0 unspecified atom stereocenters. The lowest BCUT2D eigenvalue weighted by atomic mass is 10.0. The van der Waals surface area contributed by atoms with Crippen LogP contribution < -0.4 is 10.6 Å². The van der Waals surface area contributed by atoms with E-state index in [1.165, 1.54) is 6.07 Å². The average molecular weight is 401 g/mol. The topological polar surface area (TPSA) is 54.9 Å². The fraction of sp³-hybridized carbons (Fsp3) is 0.650. The number of rotatable bonds is 9. The number of benzene rings is 1. The van der Waals surface area contributed by atoms with Crippen molar-refractivity contribution in [3.05, 3.63) is 35.4 Å². The fourth-order valence-electron chi connectivity index (χ4n) is 2.90. The number of aliphatic imine (C=N–C) groups is 1. The van der Waals surface area contributed by atoms with Crippen LogP contribution >= 0.6 is 0 Å². The summed E-state index contributed by atoms with van der Waals surface area (Å²) in [6.45, 7) is 6.56. The van der Waals surface area contributed by atoms with Crippen molar-refractivity contribution < 1.29 is 22.6 Å². The van der Waals surface area contributed by atoms with Crippen molar-refractivity contribution in [1.82, 2.24) is 10.6 Å². The van der Waals surface area contributed by atoms with E-state index in [4.69, 9.17) is 9.47 Å². The Hall–Kier alpha value is -1.80. The first-order valence-electron chi connectivity index (χ1n) is 9.83. The molecule has 1 aromatic rings. The van der Waals surface area contributed by atoms with Gasteiger partial charge in [-0.3, -0.25) is 0 Å². The van der Waals surface area contributed by atoms with Crippen LogP contribution in [0, 0.1) is 5.92 Å². The maximum Gasteiger partial charge on any atom is 0.416 e. The van der Waals surface area contributed by atoms with E-state index >= 15 is 0 Å². The Morgan fingerprint density at radius 1 is 1.25 bits per heavy atom. The molecule has 2 N–H and O–H groups in total. The van der Waals surface area contributed by atoms with Gasteiger partial charge in [0.05, 0.1) is 12.1 Å². The van der Waals surface area contributed by atoms with Gasteiger partial charge in [-0.2, -0.15) is 13.2 Å². The van der Waals surface area contributed by atoms with Crippen LogP contribution in [0.4, 0.5) is 13.2 Å². The number of guanidine groups is 1. The van der Waals surface area contributed by atoms with Gasteiger partial charge in [-0.05, 0) is 49.8 Å². The highest BCUT2D eigenvalue weighted by Crippen LogP contribution is 2.29. The van der Waals surface area contributed by atoms with Crippen LogP contribution in [0.3, 0.4) is 0 Å². The van der Waals surface area contributed by atoms with Gasteiger partial charge < -0.3 is 20.1 Å². The molecule has 2 rings (SSSR count). The van der Waals surface area contributed by atoms with Crippen molar-refractivity contribution in [2.24, 2.45) is 10.9 Å². The normalized spacial score (nSPS) is 16.2. The van der Waals surface area contributed by atoms with Crippen molar-refractivity contribution >= 4 is 5.96 Å². The Balaban J connectivity index is 1.71. The molecule has 1 saturated heterocycles. The molecule has 1 aliphatic rings. The highest BCUT2D eigenvalue weighted by Gasteiger charge is 2.30. The summed E-state index contributed by atoms with van der Waals surface area (Å²) in [6, 6.07) is 5.25. The first-order valence-corrected chi connectivity index (χ1v) is 9.83. The molecule has 0 spiro atoms. The minimum absolute atomic E-state index is 0.180. The molecule has 1 heterocycles. The molecule has 0 saturated carbocycles. The van der Waals surface area contributed by atoms with E-state index in [-0.39, 0.29) is 6.54 Å². The molecule has 0 aliphatic carbocycles. The standard InChI is InChI=1S/C20H30F3N3O2/c1-2-24-19(25-9-4-10-28-15-16-7-11-27-12-8-16)26-14-17-5-3-6-18(13-17)20(21,22)23/h3,5-6,13,16H,2,4,7-12,14-15H2,1H3,(H2,24,25,26). The first kappa shape index (κ1) is 22.5. The molecule has 158 valence electrons.